The van der Waals surface area contributed by atoms with Crippen LogP contribution in [0.15, 0.2) is 48.5 Å². The van der Waals surface area contributed by atoms with Crippen LogP contribution in [-0.4, -0.2) is 26.6 Å². The molecule has 0 spiro atoms. The highest BCUT2D eigenvalue weighted by atomic mass is 35.5. The van der Waals surface area contributed by atoms with Crippen LogP contribution in [0.2, 0.25) is 5.02 Å². The molecule has 0 saturated heterocycles. The molecule has 0 radical (unpaired) electrons. The largest absolute Gasteiger partial charge is 0.348 e. The number of rotatable bonds is 7. The monoisotopic (exact) mass is 408 g/mol. The van der Waals surface area contributed by atoms with Crippen molar-refractivity contribution in [3.05, 3.63) is 64.7 Å². The fraction of sp³-hybridized carbons (Fsp3) is 0.350. The van der Waals surface area contributed by atoms with Gasteiger partial charge in [0.2, 0.25) is 15.9 Å². The summed E-state index contributed by atoms with van der Waals surface area (Å²) in [5, 5.41) is 3.39. The van der Waals surface area contributed by atoms with Crippen molar-refractivity contribution in [3.63, 3.8) is 0 Å². The molecule has 0 aliphatic carbocycles. The zero-order valence-corrected chi connectivity index (χ0v) is 17.5. The number of carbonyl (C=O) groups excluding carboxylic acids is 1. The summed E-state index contributed by atoms with van der Waals surface area (Å²) in [6.07, 6.45) is 2.03. The lowest BCUT2D eigenvalue weighted by molar-refractivity contribution is -0.122. The molecule has 0 aliphatic rings. The van der Waals surface area contributed by atoms with Gasteiger partial charge in [-0.2, -0.15) is 0 Å². The van der Waals surface area contributed by atoms with Gasteiger partial charge in [-0.25, -0.2) is 8.42 Å². The first-order valence-corrected chi connectivity index (χ1v) is 11.0. The zero-order valence-electron chi connectivity index (χ0n) is 15.9. The van der Waals surface area contributed by atoms with E-state index in [1.165, 1.54) is 5.56 Å². The average molecular weight is 409 g/mol. The zero-order chi connectivity index (χ0) is 20.2. The van der Waals surface area contributed by atoms with Crippen LogP contribution >= 0.6 is 11.6 Å². The minimum absolute atomic E-state index is 0.238. The van der Waals surface area contributed by atoms with E-state index >= 15 is 0 Å². The number of nitrogens with zero attached hydrogens (tertiary/aromatic N) is 1. The Bertz CT molecular complexity index is 880. The van der Waals surface area contributed by atoms with Crippen LogP contribution in [0.4, 0.5) is 5.69 Å². The van der Waals surface area contributed by atoms with Crippen LogP contribution in [0.5, 0.6) is 0 Å². The Morgan fingerprint density at radius 2 is 1.63 bits per heavy atom. The molecule has 0 fully saturated rings. The lowest BCUT2D eigenvalue weighted by atomic mass is 10.0. The van der Waals surface area contributed by atoms with Crippen molar-refractivity contribution in [2.24, 2.45) is 0 Å². The third-order valence-corrected chi connectivity index (χ3v) is 5.91. The lowest BCUT2D eigenvalue weighted by Gasteiger charge is -2.29. The number of halogens is 1. The van der Waals surface area contributed by atoms with Gasteiger partial charge in [0, 0.05) is 5.02 Å². The number of hydrogen-bond acceptors (Lipinski definition) is 3. The molecule has 0 saturated carbocycles. The van der Waals surface area contributed by atoms with E-state index in [4.69, 9.17) is 11.6 Å². The summed E-state index contributed by atoms with van der Waals surface area (Å²) in [4.78, 5) is 12.7. The van der Waals surface area contributed by atoms with Gasteiger partial charge in [0.05, 0.1) is 18.0 Å². The number of benzene rings is 2. The van der Waals surface area contributed by atoms with E-state index in [-0.39, 0.29) is 11.9 Å². The van der Waals surface area contributed by atoms with Crippen molar-refractivity contribution in [2.45, 2.75) is 39.3 Å². The molecule has 1 amide bonds. The molecule has 0 unspecified atom stereocenters. The molecule has 2 aromatic carbocycles. The quantitative estimate of drug-likeness (QED) is 0.754. The number of anilines is 1. The van der Waals surface area contributed by atoms with E-state index in [0.717, 1.165) is 22.5 Å². The summed E-state index contributed by atoms with van der Waals surface area (Å²) in [5.74, 6) is -0.373. The number of sulfonamides is 1. The fourth-order valence-corrected chi connectivity index (χ4v) is 4.16. The molecule has 0 aliphatic heterocycles. The van der Waals surface area contributed by atoms with Crippen LogP contribution in [0.3, 0.4) is 0 Å². The van der Waals surface area contributed by atoms with E-state index in [2.05, 4.69) is 12.2 Å². The molecule has 5 nitrogen and oxygen atoms in total. The van der Waals surface area contributed by atoms with Gasteiger partial charge in [-0.15, -0.1) is 0 Å². The first-order chi connectivity index (χ1) is 12.6. The van der Waals surface area contributed by atoms with Crippen molar-refractivity contribution in [2.75, 3.05) is 10.6 Å². The van der Waals surface area contributed by atoms with Gasteiger partial charge in [0.1, 0.15) is 6.04 Å². The normalized spacial score (nSPS) is 13.7. The van der Waals surface area contributed by atoms with Gasteiger partial charge < -0.3 is 5.32 Å². The highest BCUT2D eigenvalue weighted by molar-refractivity contribution is 7.92. The van der Waals surface area contributed by atoms with Gasteiger partial charge in [-0.05, 0) is 55.7 Å². The minimum atomic E-state index is -3.66. The fourth-order valence-electron chi connectivity index (χ4n) is 2.86. The van der Waals surface area contributed by atoms with Crippen molar-refractivity contribution in [3.8, 4) is 0 Å². The molecular formula is C20H25ClN2O3S. The molecule has 7 heteroatoms. The first-order valence-electron chi connectivity index (χ1n) is 8.77. The van der Waals surface area contributed by atoms with E-state index in [9.17, 15) is 13.2 Å². The van der Waals surface area contributed by atoms with Crippen molar-refractivity contribution in [1.29, 1.82) is 0 Å². The van der Waals surface area contributed by atoms with E-state index in [1.54, 1.807) is 31.2 Å². The van der Waals surface area contributed by atoms with Crippen LogP contribution in [-0.2, 0) is 21.2 Å². The lowest BCUT2D eigenvalue weighted by Crippen LogP contribution is -2.48. The second-order valence-corrected chi connectivity index (χ2v) is 8.83. The SMILES string of the molecule is CCc1ccc([C@@H](C)NC(=O)[C@H](C)N(c2ccc(Cl)cc2)S(C)(=O)=O)cc1. The maximum Gasteiger partial charge on any atom is 0.244 e. The molecule has 27 heavy (non-hydrogen) atoms. The van der Waals surface area contributed by atoms with Crippen LogP contribution in [0.25, 0.3) is 0 Å². The Morgan fingerprint density at radius 1 is 1.07 bits per heavy atom. The molecule has 1 N–H and O–H groups in total. The Hall–Kier alpha value is -2.05. The number of nitrogens with one attached hydrogen (secondary N) is 1. The van der Waals surface area contributed by atoms with E-state index in [0.29, 0.717) is 10.7 Å². The van der Waals surface area contributed by atoms with E-state index < -0.39 is 16.1 Å². The third kappa shape index (κ3) is 5.47. The van der Waals surface area contributed by atoms with Crippen molar-refractivity contribution < 1.29 is 13.2 Å². The minimum Gasteiger partial charge on any atom is -0.348 e. The molecule has 0 aromatic heterocycles. The standard InChI is InChI=1S/C20H25ClN2O3S/c1-5-16-6-8-17(9-7-16)14(2)22-20(24)15(3)23(27(4,25)26)19-12-10-18(21)11-13-19/h6-15H,5H2,1-4H3,(H,22,24)/t14-,15+/m1/s1. The summed E-state index contributed by atoms with van der Waals surface area (Å²) in [6.45, 7) is 5.52. The molecule has 0 heterocycles. The molecule has 2 atom stereocenters. The topological polar surface area (TPSA) is 66.5 Å². The second kappa shape index (κ2) is 8.76. The van der Waals surface area contributed by atoms with Crippen LogP contribution in [0, 0.1) is 0 Å². The number of amides is 1. The summed E-state index contributed by atoms with van der Waals surface area (Å²) in [6, 6.07) is 13.2. The first kappa shape index (κ1) is 21.3. The van der Waals surface area contributed by atoms with Crippen molar-refractivity contribution in [1.82, 2.24) is 5.32 Å². The molecule has 146 valence electrons. The van der Waals surface area contributed by atoms with Gasteiger partial charge >= 0.3 is 0 Å². The second-order valence-electron chi connectivity index (χ2n) is 6.54. The highest BCUT2D eigenvalue weighted by Gasteiger charge is 2.29. The van der Waals surface area contributed by atoms with Gasteiger partial charge in [-0.3, -0.25) is 9.10 Å². The summed E-state index contributed by atoms with van der Waals surface area (Å²) >= 11 is 5.88. The Labute approximate surface area is 166 Å². The summed E-state index contributed by atoms with van der Waals surface area (Å²) in [5.41, 5.74) is 2.58. The third-order valence-electron chi connectivity index (χ3n) is 4.42. The van der Waals surface area contributed by atoms with Gasteiger partial charge in [-0.1, -0.05) is 42.8 Å². The van der Waals surface area contributed by atoms with E-state index in [1.807, 2.05) is 31.2 Å². The Balaban J connectivity index is 2.20. The van der Waals surface area contributed by atoms with Gasteiger partial charge in [0.15, 0.2) is 0 Å². The molecule has 0 bridgehead atoms. The van der Waals surface area contributed by atoms with Crippen LogP contribution < -0.4 is 9.62 Å². The predicted molar refractivity (Wildman–Crippen MR) is 111 cm³/mol. The number of hydrogen-bond donors (Lipinski definition) is 1. The smallest absolute Gasteiger partial charge is 0.244 e. The highest BCUT2D eigenvalue weighted by Crippen LogP contribution is 2.23. The molecular weight excluding hydrogens is 384 g/mol. The van der Waals surface area contributed by atoms with Gasteiger partial charge in [0.25, 0.3) is 0 Å². The van der Waals surface area contributed by atoms with Crippen molar-refractivity contribution >= 4 is 33.2 Å². The maximum atomic E-state index is 12.7. The maximum absolute atomic E-state index is 12.7. The number of carbonyl (C=O) groups is 1. The summed E-state index contributed by atoms with van der Waals surface area (Å²) in [7, 11) is -3.66. The summed E-state index contributed by atoms with van der Waals surface area (Å²) < 4.78 is 25.7. The Kier molecular flexibility index (Phi) is 6.89. The Morgan fingerprint density at radius 3 is 2.11 bits per heavy atom. The number of aryl methyl sites for hydroxylation is 1. The average Bonchev–Trinajstić information content (AvgIpc) is 2.62. The molecule has 2 aromatic rings. The molecule has 2 rings (SSSR count). The van der Waals surface area contributed by atoms with Crippen LogP contribution in [0.1, 0.15) is 37.9 Å². The predicted octanol–water partition coefficient (Wildman–Crippen LogP) is 3.93.